The van der Waals surface area contributed by atoms with Crippen molar-refractivity contribution in [3.05, 3.63) is 18.0 Å². The van der Waals surface area contributed by atoms with Gasteiger partial charge in [0.15, 0.2) is 0 Å². The first kappa shape index (κ1) is 16.5. The van der Waals surface area contributed by atoms with Crippen LogP contribution in [-0.2, 0) is 23.1 Å². The first-order valence-electron chi connectivity index (χ1n) is 7.86. The Kier molecular flexibility index (Phi) is 5.46. The predicted molar refractivity (Wildman–Crippen MR) is 84.7 cm³/mol. The van der Waals surface area contributed by atoms with Gasteiger partial charge in [0.1, 0.15) is 4.90 Å². The number of hydrogen-bond acceptors (Lipinski definition) is 3. The van der Waals surface area contributed by atoms with E-state index in [9.17, 15) is 8.42 Å². The van der Waals surface area contributed by atoms with Gasteiger partial charge >= 0.3 is 0 Å². The van der Waals surface area contributed by atoms with Crippen molar-refractivity contribution in [3.63, 3.8) is 0 Å². The maximum Gasteiger partial charge on any atom is 0.244 e. The highest BCUT2D eigenvalue weighted by Gasteiger charge is 2.31. The van der Waals surface area contributed by atoms with Crippen LogP contribution in [0, 0.1) is 0 Å². The molecule has 1 aliphatic heterocycles. The Morgan fingerprint density at radius 1 is 1.33 bits per heavy atom. The quantitative estimate of drug-likeness (QED) is 0.906. The first-order chi connectivity index (χ1) is 10.0. The van der Waals surface area contributed by atoms with Crippen molar-refractivity contribution in [2.24, 2.45) is 0 Å². The molecule has 1 atom stereocenters. The number of aryl methyl sites for hydroxylation is 1. The average molecular weight is 313 g/mol. The van der Waals surface area contributed by atoms with Crippen LogP contribution in [-0.4, -0.2) is 36.9 Å². The van der Waals surface area contributed by atoms with Crippen LogP contribution in [0.25, 0.3) is 0 Å². The van der Waals surface area contributed by atoms with Crippen molar-refractivity contribution < 1.29 is 8.42 Å². The van der Waals surface area contributed by atoms with Crippen molar-refractivity contribution in [1.82, 2.24) is 14.2 Å². The molecule has 1 saturated heterocycles. The topological polar surface area (TPSA) is 54.3 Å². The molecule has 0 spiro atoms. The number of sulfonamides is 1. The Balaban J connectivity index is 2.33. The summed E-state index contributed by atoms with van der Waals surface area (Å²) in [5, 5.41) is 3.09. The lowest BCUT2D eigenvalue weighted by molar-refractivity contribution is 0.342. The van der Waals surface area contributed by atoms with E-state index in [0.717, 1.165) is 37.9 Å². The maximum absolute atomic E-state index is 12.9. The molecule has 0 amide bonds. The fraction of sp³-hybridized carbons (Fsp3) is 0.733. The molecule has 1 aromatic heterocycles. The summed E-state index contributed by atoms with van der Waals surface area (Å²) in [5.41, 5.74) is 1.01. The van der Waals surface area contributed by atoms with Crippen molar-refractivity contribution in [1.29, 1.82) is 0 Å². The van der Waals surface area contributed by atoms with E-state index in [4.69, 9.17) is 0 Å². The average Bonchev–Trinajstić information content (AvgIpc) is 2.73. The monoisotopic (exact) mass is 313 g/mol. The van der Waals surface area contributed by atoms with Crippen LogP contribution in [0.3, 0.4) is 0 Å². The fourth-order valence-electron chi connectivity index (χ4n) is 3.03. The maximum atomic E-state index is 12.9. The standard InChI is InChI=1S/C15H27N3O2S/c1-4-17-12-15(10-14(17)11-16-3)21(19,20)18-9-7-5-6-8-13(18)2/h10,12-13,16H,4-9,11H2,1-3H3. The molecule has 2 rings (SSSR count). The minimum Gasteiger partial charge on any atom is -0.349 e. The van der Waals surface area contributed by atoms with Crippen LogP contribution in [0.2, 0.25) is 0 Å². The summed E-state index contributed by atoms with van der Waals surface area (Å²) >= 11 is 0. The Morgan fingerprint density at radius 2 is 2.10 bits per heavy atom. The second-order valence-electron chi connectivity index (χ2n) is 5.80. The van der Waals surface area contributed by atoms with Crippen LogP contribution >= 0.6 is 0 Å². The summed E-state index contributed by atoms with van der Waals surface area (Å²) in [6.45, 7) is 6.15. The number of nitrogens with one attached hydrogen (secondary N) is 1. The molecule has 1 N–H and O–H groups in total. The summed E-state index contributed by atoms with van der Waals surface area (Å²) in [5.74, 6) is 0. The normalized spacial score (nSPS) is 21.4. The first-order valence-corrected chi connectivity index (χ1v) is 9.30. The lowest BCUT2D eigenvalue weighted by Gasteiger charge is -2.25. The minimum atomic E-state index is -3.38. The van der Waals surface area contributed by atoms with E-state index in [2.05, 4.69) is 5.32 Å². The molecule has 0 aromatic carbocycles. The van der Waals surface area contributed by atoms with Crippen LogP contribution in [0.4, 0.5) is 0 Å². The number of nitrogens with zero attached hydrogens (tertiary/aromatic N) is 2. The van der Waals surface area contributed by atoms with Crippen LogP contribution in [0.15, 0.2) is 17.2 Å². The van der Waals surface area contributed by atoms with Gasteiger partial charge in [-0.3, -0.25) is 0 Å². The summed E-state index contributed by atoms with van der Waals surface area (Å²) in [4.78, 5) is 0.434. The van der Waals surface area contributed by atoms with E-state index < -0.39 is 10.0 Å². The van der Waals surface area contributed by atoms with E-state index in [0.29, 0.717) is 18.0 Å². The van der Waals surface area contributed by atoms with E-state index in [1.165, 1.54) is 0 Å². The van der Waals surface area contributed by atoms with Gasteiger partial charge in [-0.2, -0.15) is 4.31 Å². The Labute approximate surface area is 128 Å². The molecule has 1 aliphatic rings. The Hall–Kier alpha value is -0.850. The zero-order chi connectivity index (χ0) is 15.5. The molecule has 120 valence electrons. The third kappa shape index (κ3) is 3.49. The molecule has 1 unspecified atom stereocenters. The van der Waals surface area contributed by atoms with Gasteiger partial charge in [0.2, 0.25) is 10.0 Å². The van der Waals surface area contributed by atoms with Gasteiger partial charge in [-0.05, 0) is 39.8 Å². The number of aromatic nitrogens is 1. The van der Waals surface area contributed by atoms with E-state index >= 15 is 0 Å². The van der Waals surface area contributed by atoms with Crippen molar-refractivity contribution in [3.8, 4) is 0 Å². The molecule has 0 saturated carbocycles. The predicted octanol–water partition coefficient (Wildman–Crippen LogP) is 2.18. The van der Waals surface area contributed by atoms with Crippen LogP contribution in [0.5, 0.6) is 0 Å². The fourth-order valence-corrected chi connectivity index (χ4v) is 4.80. The minimum absolute atomic E-state index is 0.0928. The van der Waals surface area contributed by atoms with Gasteiger partial charge in [-0.15, -0.1) is 0 Å². The molecular weight excluding hydrogens is 286 g/mol. The third-order valence-electron chi connectivity index (χ3n) is 4.26. The summed E-state index contributed by atoms with van der Waals surface area (Å²) in [6.07, 6.45) is 5.93. The molecule has 6 heteroatoms. The van der Waals surface area contributed by atoms with Crippen molar-refractivity contribution in [2.45, 2.75) is 63.6 Å². The summed E-state index contributed by atoms with van der Waals surface area (Å²) in [7, 11) is -1.51. The number of hydrogen-bond donors (Lipinski definition) is 1. The molecule has 0 bridgehead atoms. The Bertz CT molecular complexity index is 565. The Morgan fingerprint density at radius 3 is 2.76 bits per heavy atom. The highest BCUT2D eigenvalue weighted by molar-refractivity contribution is 7.89. The molecule has 0 aliphatic carbocycles. The molecule has 1 aromatic rings. The molecule has 2 heterocycles. The lowest BCUT2D eigenvalue weighted by atomic mass is 10.1. The number of rotatable bonds is 5. The lowest BCUT2D eigenvalue weighted by Crippen LogP contribution is -2.38. The molecular formula is C15H27N3O2S. The second-order valence-corrected chi connectivity index (χ2v) is 7.69. The van der Waals surface area contributed by atoms with Gasteiger partial charge < -0.3 is 9.88 Å². The molecule has 0 radical (unpaired) electrons. The van der Waals surface area contributed by atoms with Gasteiger partial charge in [-0.25, -0.2) is 8.42 Å². The third-order valence-corrected chi connectivity index (χ3v) is 6.24. The zero-order valence-electron chi connectivity index (χ0n) is 13.3. The van der Waals surface area contributed by atoms with E-state index in [1.807, 2.05) is 31.5 Å². The second kappa shape index (κ2) is 6.94. The van der Waals surface area contributed by atoms with Gasteiger partial charge in [0, 0.05) is 37.6 Å². The summed E-state index contributed by atoms with van der Waals surface area (Å²) < 4.78 is 29.6. The molecule has 21 heavy (non-hydrogen) atoms. The van der Waals surface area contributed by atoms with Crippen LogP contribution in [0.1, 0.15) is 45.2 Å². The molecule has 5 nitrogen and oxygen atoms in total. The highest BCUT2D eigenvalue weighted by Crippen LogP contribution is 2.26. The van der Waals surface area contributed by atoms with E-state index in [-0.39, 0.29) is 6.04 Å². The van der Waals surface area contributed by atoms with E-state index in [1.54, 1.807) is 10.5 Å². The van der Waals surface area contributed by atoms with Crippen LogP contribution < -0.4 is 5.32 Å². The van der Waals surface area contributed by atoms with Gasteiger partial charge in [0.25, 0.3) is 0 Å². The van der Waals surface area contributed by atoms with Gasteiger partial charge in [0.05, 0.1) is 0 Å². The van der Waals surface area contributed by atoms with Crippen molar-refractivity contribution in [2.75, 3.05) is 13.6 Å². The van der Waals surface area contributed by atoms with Crippen molar-refractivity contribution >= 4 is 10.0 Å². The largest absolute Gasteiger partial charge is 0.349 e. The van der Waals surface area contributed by atoms with Gasteiger partial charge in [-0.1, -0.05) is 12.8 Å². The highest BCUT2D eigenvalue weighted by atomic mass is 32.2. The summed E-state index contributed by atoms with van der Waals surface area (Å²) in [6, 6.07) is 1.91. The zero-order valence-corrected chi connectivity index (χ0v) is 14.1. The smallest absolute Gasteiger partial charge is 0.244 e. The SMILES string of the molecule is CCn1cc(S(=O)(=O)N2CCCCCC2C)cc1CNC. The molecule has 1 fully saturated rings.